The Kier molecular flexibility index (Phi) is 5.25. The van der Waals surface area contributed by atoms with Crippen LogP contribution in [0.4, 0.5) is 13.2 Å². The van der Waals surface area contributed by atoms with Gasteiger partial charge in [-0.05, 0) is 18.8 Å². The van der Waals surface area contributed by atoms with E-state index >= 15 is 0 Å². The van der Waals surface area contributed by atoms with Crippen molar-refractivity contribution in [1.29, 1.82) is 0 Å². The number of nitrogens with one attached hydrogen (secondary N) is 1. The van der Waals surface area contributed by atoms with Gasteiger partial charge < -0.3 is 10.4 Å². The van der Waals surface area contributed by atoms with Gasteiger partial charge in [0.05, 0.1) is 12.0 Å². The summed E-state index contributed by atoms with van der Waals surface area (Å²) in [5.74, 6) is -1.19. The van der Waals surface area contributed by atoms with Gasteiger partial charge in [-0.1, -0.05) is 26.7 Å². The molecule has 17 heavy (non-hydrogen) atoms. The molecule has 2 nitrogen and oxygen atoms in total. The molecule has 5 heteroatoms. The van der Waals surface area contributed by atoms with E-state index < -0.39 is 24.2 Å². The summed E-state index contributed by atoms with van der Waals surface area (Å²) in [5.41, 5.74) is 0. The second-order valence-corrected chi connectivity index (χ2v) is 5.26. The van der Waals surface area contributed by atoms with Crippen LogP contribution in [0, 0.1) is 11.8 Å². The molecule has 0 aromatic carbocycles. The molecule has 0 saturated heterocycles. The fourth-order valence-electron chi connectivity index (χ4n) is 2.27. The molecule has 1 aliphatic rings. The molecule has 102 valence electrons. The van der Waals surface area contributed by atoms with Crippen LogP contribution in [0.2, 0.25) is 0 Å². The summed E-state index contributed by atoms with van der Waals surface area (Å²) in [5, 5.41) is 12.5. The smallest absolute Gasteiger partial charge is 0.392 e. The molecule has 0 aromatic heterocycles. The standard InChI is InChI=1S/C12H22F3NO/c1-8(2)11(17)7-16-10-6-4-3-5-9(10)12(13,14)15/h8-11,16-17H,3-7H2,1-2H3. The van der Waals surface area contributed by atoms with Gasteiger partial charge in [-0.3, -0.25) is 0 Å². The highest BCUT2D eigenvalue weighted by atomic mass is 19.4. The van der Waals surface area contributed by atoms with E-state index in [4.69, 9.17) is 0 Å². The average Bonchev–Trinajstić information content (AvgIpc) is 2.24. The van der Waals surface area contributed by atoms with Crippen LogP contribution in [0.25, 0.3) is 0 Å². The topological polar surface area (TPSA) is 32.3 Å². The van der Waals surface area contributed by atoms with Gasteiger partial charge in [-0.15, -0.1) is 0 Å². The van der Waals surface area contributed by atoms with Crippen LogP contribution in [0.1, 0.15) is 39.5 Å². The van der Waals surface area contributed by atoms with E-state index in [0.29, 0.717) is 12.8 Å². The highest BCUT2D eigenvalue weighted by Gasteiger charge is 2.45. The van der Waals surface area contributed by atoms with Gasteiger partial charge in [0.2, 0.25) is 0 Å². The maximum absolute atomic E-state index is 12.8. The summed E-state index contributed by atoms with van der Waals surface area (Å²) in [4.78, 5) is 0. The monoisotopic (exact) mass is 253 g/mol. The largest absolute Gasteiger partial charge is 0.393 e. The molecule has 1 saturated carbocycles. The number of alkyl halides is 3. The van der Waals surface area contributed by atoms with Crippen molar-refractivity contribution in [3.05, 3.63) is 0 Å². The van der Waals surface area contributed by atoms with Gasteiger partial charge in [-0.2, -0.15) is 13.2 Å². The minimum absolute atomic E-state index is 0.0652. The Morgan fingerprint density at radius 1 is 1.24 bits per heavy atom. The number of aliphatic hydroxyl groups excluding tert-OH is 1. The zero-order valence-corrected chi connectivity index (χ0v) is 10.4. The minimum atomic E-state index is -4.12. The van der Waals surface area contributed by atoms with Crippen molar-refractivity contribution in [1.82, 2.24) is 5.32 Å². The first-order valence-corrected chi connectivity index (χ1v) is 6.30. The molecular weight excluding hydrogens is 231 g/mol. The van der Waals surface area contributed by atoms with Crippen LogP contribution in [0.15, 0.2) is 0 Å². The zero-order chi connectivity index (χ0) is 13.1. The Morgan fingerprint density at radius 2 is 1.82 bits per heavy atom. The first-order chi connectivity index (χ1) is 7.82. The second-order valence-electron chi connectivity index (χ2n) is 5.26. The van der Waals surface area contributed by atoms with Crippen molar-refractivity contribution in [2.45, 2.75) is 57.9 Å². The Bertz CT molecular complexity index is 230. The van der Waals surface area contributed by atoms with E-state index in [2.05, 4.69) is 5.32 Å². The lowest BCUT2D eigenvalue weighted by atomic mass is 9.84. The molecule has 1 rings (SSSR count). The molecule has 0 spiro atoms. The zero-order valence-electron chi connectivity index (χ0n) is 10.4. The molecule has 1 aliphatic carbocycles. The van der Waals surface area contributed by atoms with Gasteiger partial charge >= 0.3 is 6.18 Å². The molecule has 2 N–H and O–H groups in total. The number of halogens is 3. The van der Waals surface area contributed by atoms with Gasteiger partial charge in [0.25, 0.3) is 0 Å². The van der Waals surface area contributed by atoms with Crippen molar-refractivity contribution < 1.29 is 18.3 Å². The summed E-state index contributed by atoms with van der Waals surface area (Å²) < 4.78 is 38.3. The minimum Gasteiger partial charge on any atom is -0.392 e. The molecule has 0 aromatic rings. The van der Waals surface area contributed by atoms with E-state index in [1.54, 1.807) is 0 Å². The van der Waals surface area contributed by atoms with E-state index in [1.807, 2.05) is 13.8 Å². The molecular formula is C12H22F3NO. The summed E-state index contributed by atoms with van der Waals surface area (Å²) in [6.07, 6.45) is -2.46. The lowest BCUT2D eigenvalue weighted by molar-refractivity contribution is -0.189. The van der Waals surface area contributed by atoms with Crippen LogP contribution in [-0.4, -0.2) is 30.0 Å². The van der Waals surface area contributed by atoms with Crippen molar-refractivity contribution >= 4 is 0 Å². The fraction of sp³-hybridized carbons (Fsp3) is 1.00. The third-order valence-corrected chi connectivity index (χ3v) is 3.55. The molecule has 1 fully saturated rings. The second kappa shape index (κ2) is 6.05. The third kappa shape index (κ3) is 4.47. The molecule has 3 atom stereocenters. The molecule has 0 amide bonds. The molecule has 0 radical (unpaired) electrons. The summed E-state index contributed by atoms with van der Waals surface area (Å²) >= 11 is 0. The van der Waals surface area contributed by atoms with Crippen LogP contribution < -0.4 is 5.32 Å². The van der Waals surface area contributed by atoms with E-state index in [9.17, 15) is 18.3 Å². The highest BCUT2D eigenvalue weighted by molar-refractivity contribution is 4.86. The van der Waals surface area contributed by atoms with Gasteiger partial charge in [0, 0.05) is 12.6 Å². The van der Waals surface area contributed by atoms with Crippen LogP contribution in [0.3, 0.4) is 0 Å². The van der Waals surface area contributed by atoms with Crippen LogP contribution in [0.5, 0.6) is 0 Å². The predicted molar refractivity (Wildman–Crippen MR) is 60.6 cm³/mol. The molecule has 0 bridgehead atoms. The van der Waals surface area contributed by atoms with Gasteiger partial charge in [0.1, 0.15) is 0 Å². The molecule has 3 unspecified atom stereocenters. The van der Waals surface area contributed by atoms with Crippen molar-refractivity contribution in [2.24, 2.45) is 11.8 Å². The molecule has 0 heterocycles. The maximum atomic E-state index is 12.8. The SMILES string of the molecule is CC(C)C(O)CNC1CCCCC1C(F)(F)F. The highest BCUT2D eigenvalue weighted by Crippen LogP contribution is 2.37. The number of hydrogen-bond acceptors (Lipinski definition) is 2. The lowest BCUT2D eigenvalue weighted by Gasteiger charge is -2.34. The summed E-state index contributed by atoms with van der Waals surface area (Å²) in [6, 6.07) is -0.530. The van der Waals surface area contributed by atoms with Crippen molar-refractivity contribution in [3.8, 4) is 0 Å². The molecule has 0 aliphatic heterocycles. The van der Waals surface area contributed by atoms with E-state index in [1.165, 1.54) is 0 Å². The van der Waals surface area contributed by atoms with Crippen LogP contribution >= 0.6 is 0 Å². The Labute approximate surface area is 101 Å². The van der Waals surface area contributed by atoms with Gasteiger partial charge in [0.15, 0.2) is 0 Å². The third-order valence-electron chi connectivity index (χ3n) is 3.55. The van der Waals surface area contributed by atoms with E-state index in [-0.39, 0.29) is 18.9 Å². The maximum Gasteiger partial charge on any atom is 0.393 e. The van der Waals surface area contributed by atoms with Gasteiger partial charge in [-0.25, -0.2) is 0 Å². The van der Waals surface area contributed by atoms with Crippen molar-refractivity contribution in [3.63, 3.8) is 0 Å². The Balaban J connectivity index is 2.49. The quantitative estimate of drug-likeness (QED) is 0.807. The number of rotatable bonds is 4. The predicted octanol–water partition coefficient (Wildman–Crippen LogP) is 2.71. The lowest BCUT2D eigenvalue weighted by Crippen LogP contribution is -2.48. The Hall–Kier alpha value is -0.290. The summed E-state index contributed by atoms with van der Waals surface area (Å²) in [7, 11) is 0. The van der Waals surface area contributed by atoms with Crippen LogP contribution in [-0.2, 0) is 0 Å². The number of aliphatic hydroxyl groups is 1. The first-order valence-electron chi connectivity index (χ1n) is 6.30. The average molecular weight is 253 g/mol. The van der Waals surface area contributed by atoms with E-state index in [0.717, 1.165) is 6.42 Å². The normalized spacial score (nSPS) is 28.4. The Morgan fingerprint density at radius 3 is 2.35 bits per heavy atom. The fourth-order valence-corrected chi connectivity index (χ4v) is 2.27. The van der Waals surface area contributed by atoms with Crippen molar-refractivity contribution in [2.75, 3.05) is 6.54 Å². The first kappa shape index (κ1) is 14.8. The summed E-state index contributed by atoms with van der Waals surface area (Å²) in [6.45, 7) is 3.96. The number of hydrogen-bond donors (Lipinski definition) is 2.